The Morgan fingerprint density at radius 2 is 1.10 bits per heavy atom. The Bertz CT molecular complexity index is 1940. The van der Waals surface area contributed by atoms with E-state index >= 15 is 4.39 Å². The maximum atomic E-state index is 17.6. The molecule has 51 heavy (non-hydrogen) atoms. The number of halogens is 1. The highest BCUT2D eigenvalue weighted by molar-refractivity contribution is 5.81. The Hall–Kier alpha value is -5.04. The minimum Gasteiger partial charge on any atom is -0.382 e. The summed E-state index contributed by atoms with van der Waals surface area (Å²) >= 11 is 0. The van der Waals surface area contributed by atoms with Crippen LogP contribution in [0.3, 0.4) is 0 Å². The van der Waals surface area contributed by atoms with E-state index in [0.717, 1.165) is 22.3 Å². The molecule has 0 amide bonds. The number of nitrogens with zero attached hydrogens (tertiary/aromatic N) is 4. The topological polar surface area (TPSA) is 116 Å². The summed E-state index contributed by atoms with van der Waals surface area (Å²) < 4.78 is 52.1. The molecule has 6 aromatic rings. The van der Waals surface area contributed by atoms with Crippen LogP contribution in [0.2, 0.25) is 0 Å². The number of imidazole rings is 1. The molecule has 1 saturated heterocycles. The van der Waals surface area contributed by atoms with E-state index in [9.17, 15) is 0 Å². The quantitative estimate of drug-likeness (QED) is 0.135. The highest BCUT2D eigenvalue weighted by Gasteiger charge is 2.50. The Kier molecular flexibility index (Phi) is 11.3. The standard InChI is InChI=1S/C40H40FN5O5/c41-33-36(49-23-30-17-9-3-10-18-30)37(50-24-31-19-11-4-12-20-31)35(48-22-29-15-7-2-8-16-29)32(25-47-21-28-13-5-1-6-14-28)51-40(33)46-27-45-34-38(42)43-26-44-39(34)46/h1-20,26-27,32-33,35-37,40H,21-25H2,(H2,42,43,44)/t32-,33+,35-,36+,37+,40-/m1/s1. The van der Waals surface area contributed by atoms with Crippen LogP contribution in [0.15, 0.2) is 134 Å². The van der Waals surface area contributed by atoms with Gasteiger partial charge in [0.25, 0.3) is 0 Å². The lowest BCUT2D eigenvalue weighted by Gasteiger charge is -2.34. The van der Waals surface area contributed by atoms with Crippen molar-refractivity contribution < 1.29 is 28.1 Å². The molecule has 2 aromatic heterocycles. The second kappa shape index (κ2) is 16.8. The molecule has 0 radical (unpaired) electrons. The Balaban J connectivity index is 1.29. The summed E-state index contributed by atoms with van der Waals surface area (Å²) in [6.07, 6.45) is -3.98. The SMILES string of the molecule is Nc1ncnc2c1ncn2[C@@H]1O[C@H](COCc2ccccc2)[C@@H](OCc2ccccc2)[C@H](OCc2ccccc2)[C@@H](OCc2ccccc2)[C@@H]1F. The minimum absolute atomic E-state index is 0.0674. The van der Waals surface area contributed by atoms with Crippen LogP contribution in [0, 0.1) is 0 Å². The molecule has 0 aliphatic carbocycles. The van der Waals surface area contributed by atoms with Crippen LogP contribution in [-0.4, -0.2) is 56.7 Å². The van der Waals surface area contributed by atoms with Crippen LogP contribution < -0.4 is 5.73 Å². The van der Waals surface area contributed by atoms with E-state index in [-0.39, 0.29) is 32.2 Å². The molecule has 1 fully saturated rings. The van der Waals surface area contributed by atoms with E-state index in [0.29, 0.717) is 17.8 Å². The van der Waals surface area contributed by atoms with E-state index in [1.165, 1.54) is 17.2 Å². The predicted molar refractivity (Wildman–Crippen MR) is 190 cm³/mol. The van der Waals surface area contributed by atoms with E-state index in [2.05, 4.69) is 15.0 Å². The third-order valence-electron chi connectivity index (χ3n) is 8.83. The molecular weight excluding hydrogens is 649 g/mol. The third kappa shape index (κ3) is 8.47. The van der Waals surface area contributed by atoms with Gasteiger partial charge < -0.3 is 29.4 Å². The van der Waals surface area contributed by atoms with Crippen LogP contribution in [-0.2, 0) is 50.1 Å². The largest absolute Gasteiger partial charge is 0.382 e. The molecule has 1 aliphatic heterocycles. The summed E-state index contributed by atoms with van der Waals surface area (Å²) in [5.74, 6) is 0.176. The van der Waals surface area contributed by atoms with E-state index in [1.54, 1.807) is 0 Å². The Morgan fingerprint density at radius 1 is 0.608 bits per heavy atom. The van der Waals surface area contributed by atoms with E-state index in [4.69, 9.17) is 29.4 Å². The molecule has 11 heteroatoms. The lowest BCUT2D eigenvalue weighted by molar-refractivity contribution is -0.184. The maximum absolute atomic E-state index is 17.6. The second-order valence-corrected chi connectivity index (χ2v) is 12.4. The zero-order chi connectivity index (χ0) is 34.8. The smallest absolute Gasteiger partial charge is 0.174 e. The Morgan fingerprint density at radius 3 is 1.65 bits per heavy atom. The van der Waals surface area contributed by atoms with Crippen LogP contribution >= 0.6 is 0 Å². The van der Waals surface area contributed by atoms with E-state index < -0.39 is 36.8 Å². The van der Waals surface area contributed by atoms with Crippen LogP contribution in [0.5, 0.6) is 0 Å². The molecule has 10 nitrogen and oxygen atoms in total. The number of fused-ring (bicyclic) bond motifs is 1. The van der Waals surface area contributed by atoms with Gasteiger partial charge in [0.1, 0.15) is 36.3 Å². The molecule has 262 valence electrons. The number of hydrogen-bond acceptors (Lipinski definition) is 9. The average molecular weight is 690 g/mol. The molecule has 0 bridgehead atoms. The summed E-state index contributed by atoms with van der Waals surface area (Å²) in [6, 6.07) is 39.0. The van der Waals surface area contributed by atoms with Crippen LogP contribution in [0.1, 0.15) is 28.5 Å². The minimum atomic E-state index is -1.77. The summed E-state index contributed by atoms with van der Waals surface area (Å²) in [5, 5.41) is 0. The molecule has 0 unspecified atom stereocenters. The first-order valence-corrected chi connectivity index (χ1v) is 16.9. The van der Waals surface area contributed by atoms with Crippen molar-refractivity contribution in [2.75, 3.05) is 12.3 Å². The van der Waals surface area contributed by atoms with E-state index in [1.807, 2.05) is 121 Å². The van der Waals surface area contributed by atoms with Gasteiger partial charge in [-0.3, -0.25) is 4.57 Å². The molecule has 0 saturated carbocycles. The van der Waals surface area contributed by atoms with Gasteiger partial charge >= 0.3 is 0 Å². The van der Waals surface area contributed by atoms with Crippen LogP contribution in [0.4, 0.5) is 10.2 Å². The lowest BCUT2D eigenvalue weighted by Crippen LogP contribution is -2.50. The van der Waals surface area contributed by atoms with Crippen molar-refractivity contribution in [1.29, 1.82) is 0 Å². The summed E-state index contributed by atoms with van der Waals surface area (Å²) in [7, 11) is 0. The van der Waals surface area contributed by atoms with Gasteiger partial charge in [0.15, 0.2) is 23.9 Å². The zero-order valence-electron chi connectivity index (χ0n) is 28.0. The molecule has 7 rings (SSSR count). The average Bonchev–Trinajstić information content (AvgIpc) is 3.58. The van der Waals surface area contributed by atoms with Crippen LogP contribution in [0.25, 0.3) is 11.2 Å². The first-order chi connectivity index (χ1) is 25.1. The number of nitrogens with two attached hydrogens (primary N) is 1. The van der Waals surface area contributed by atoms with Gasteiger partial charge in [-0.1, -0.05) is 121 Å². The summed E-state index contributed by atoms with van der Waals surface area (Å²) in [4.78, 5) is 12.9. The van der Waals surface area contributed by atoms with Crippen molar-refractivity contribution in [2.24, 2.45) is 0 Å². The normalized spacial score (nSPS) is 22.1. The third-order valence-corrected chi connectivity index (χ3v) is 8.83. The number of nitrogen functional groups attached to an aromatic ring is 1. The fourth-order valence-corrected chi connectivity index (χ4v) is 6.23. The van der Waals surface area contributed by atoms with Crippen molar-refractivity contribution in [3.63, 3.8) is 0 Å². The number of benzene rings is 4. The van der Waals surface area contributed by atoms with Gasteiger partial charge in [-0.15, -0.1) is 0 Å². The van der Waals surface area contributed by atoms with Gasteiger partial charge in [-0.25, -0.2) is 19.3 Å². The Labute approximate surface area is 296 Å². The highest BCUT2D eigenvalue weighted by atomic mass is 19.1. The van der Waals surface area contributed by atoms with Crippen molar-refractivity contribution in [1.82, 2.24) is 19.5 Å². The first kappa shape index (κ1) is 34.4. The molecule has 1 aliphatic rings. The van der Waals surface area contributed by atoms with Crippen molar-refractivity contribution in [3.05, 3.63) is 156 Å². The highest BCUT2D eigenvalue weighted by Crippen LogP contribution is 2.37. The second-order valence-electron chi connectivity index (χ2n) is 12.4. The lowest BCUT2D eigenvalue weighted by atomic mass is 9.99. The first-order valence-electron chi connectivity index (χ1n) is 16.9. The van der Waals surface area contributed by atoms with Crippen molar-refractivity contribution in [3.8, 4) is 0 Å². The molecule has 3 heterocycles. The zero-order valence-corrected chi connectivity index (χ0v) is 28.0. The fourth-order valence-electron chi connectivity index (χ4n) is 6.23. The number of hydrogen-bond donors (Lipinski definition) is 1. The molecule has 6 atom stereocenters. The summed E-state index contributed by atoms with van der Waals surface area (Å²) in [6.45, 7) is 0.924. The fraction of sp³-hybridized carbons (Fsp3) is 0.275. The van der Waals surface area contributed by atoms with Gasteiger partial charge in [0.2, 0.25) is 0 Å². The number of ether oxygens (including phenoxy) is 5. The number of alkyl halides is 1. The maximum Gasteiger partial charge on any atom is 0.174 e. The van der Waals surface area contributed by atoms with Gasteiger partial charge in [-0.05, 0) is 22.3 Å². The molecule has 0 spiro atoms. The molecular formula is C40H40FN5O5. The van der Waals surface area contributed by atoms with Gasteiger partial charge in [0, 0.05) is 0 Å². The van der Waals surface area contributed by atoms with Gasteiger partial charge in [-0.2, -0.15) is 0 Å². The van der Waals surface area contributed by atoms with Gasteiger partial charge in [0.05, 0.1) is 39.4 Å². The predicted octanol–water partition coefficient (Wildman–Crippen LogP) is 6.62. The number of rotatable bonds is 14. The monoisotopic (exact) mass is 689 g/mol. The van der Waals surface area contributed by atoms with Crippen molar-refractivity contribution >= 4 is 17.0 Å². The summed E-state index contributed by atoms with van der Waals surface area (Å²) in [5.41, 5.74) is 10.5. The molecule has 4 aromatic carbocycles. The number of anilines is 1. The molecule has 2 N–H and O–H groups in total. The number of aromatic nitrogens is 4. The van der Waals surface area contributed by atoms with Crippen molar-refractivity contribution in [2.45, 2.75) is 63.2 Å².